The van der Waals surface area contributed by atoms with E-state index in [1.807, 2.05) is 19.1 Å². The maximum absolute atomic E-state index is 12.2. The SMILES string of the molecule is COc1ccccc1-c1noc(CNS(=O)(=O)c2ccc(C)s2)n1. The van der Waals surface area contributed by atoms with E-state index in [9.17, 15) is 8.42 Å². The molecule has 0 aliphatic carbocycles. The second-order valence-corrected chi connectivity index (χ2v) is 8.18. The van der Waals surface area contributed by atoms with Crippen LogP contribution in [-0.4, -0.2) is 25.7 Å². The van der Waals surface area contributed by atoms with E-state index in [1.54, 1.807) is 31.4 Å². The van der Waals surface area contributed by atoms with Gasteiger partial charge >= 0.3 is 0 Å². The van der Waals surface area contributed by atoms with Crippen molar-refractivity contribution in [2.24, 2.45) is 0 Å². The molecule has 3 aromatic rings. The van der Waals surface area contributed by atoms with Gasteiger partial charge < -0.3 is 9.26 Å². The minimum absolute atomic E-state index is 0.0819. The molecule has 126 valence electrons. The molecule has 7 nitrogen and oxygen atoms in total. The summed E-state index contributed by atoms with van der Waals surface area (Å²) >= 11 is 1.20. The number of nitrogens with zero attached hydrogens (tertiary/aromatic N) is 2. The van der Waals surface area contributed by atoms with Crippen molar-refractivity contribution in [2.75, 3.05) is 7.11 Å². The zero-order valence-electron chi connectivity index (χ0n) is 13.0. The zero-order chi connectivity index (χ0) is 17.2. The van der Waals surface area contributed by atoms with Gasteiger partial charge in [-0.2, -0.15) is 4.98 Å². The van der Waals surface area contributed by atoms with Gasteiger partial charge in [0.15, 0.2) is 0 Å². The average molecular weight is 365 g/mol. The molecule has 0 atom stereocenters. The Balaban J connectivity index is 1.75. The largest absolute Gasteiger partial charge is 0.496 e. The summed E-state index contributed by atoms with van der Waals surface area (Å²) in [4.78, 5) is 5.13. The fourth-order valence-corrected chi connectivity index (χ4v) is 4.35. The van der Waals surface area contributed by atoms with E-state index in [4.69, 9.17) is 9.26 Å². The monoisotopic (exact) mass is 365 g/mol. The first-order valence-electron chi connectivity index (χ1n) is 7.01. The Morgan fingerprint density at radius 1 is 1.25 bits per heavy atom. The zero-order valence-corrected chi connectivity index (χ0v) is 14.6. The summed E-state index contributed by atoms with van der Waals surface area (Å²) in [6.07, 6.45) is 0. The summed E-state index contributed by atoms with van der Waals surface area (Å²) < 4.78 is 37.4. The van der Waals surface area contributed by atoms with E-state index in [-0.39, 0.29) is 16.6 Å². The highest BCUT2D eigenvalue weighted by atomic mass is 32.2. The van der Waals surface area contributed by atoms with E-state index in [2.05, 4.69) is 14.9 Å². The van der Waals surface area contributed by atoms with Gasteiger partial charge in [-0.3, -0.25) is 0 Å². The Morgan fingerprint density at radius 3 is 2.75 bits per heavy atom. The van der Waals surface area contributed by atoms with Crippen molar-refractivity contribution in [3.8, 4) is 17.1 Å². The van der Waals surface area contributed by atoms with Crippen LogP contribution in [0.15, 0.2) is 45.1 Å². The molecule has 3 rings (SSSR count). The van der Waals surface area contributed by atoms with Crippen LogP contribution in [0.2, 0.25) is 0 Å². The molecule has 0 aliphatic rings. The van der Waals surface area contributed by atoms with Gasteiger partial charge in [0.1, 0.15) is 9.96 Å². The number of para-hydroxylation sites is 1. The van der Waals surface area contributed by atoms with Crippen molar-refractivity contribution in [3.05, 3.63) is 47.2 Å². The summed E-state index contributed by atoms with van der Waals surface area (Å²) in [5.41, 5.74) is 0.673. The predicted molar refractivity (Wildman–Crippen MR) is 89.4 cm³/mol. The maximum atomic E-state index is 12.2. The molecule has 24 heavy (non-hydrogen) atoms. The van der Waals surface area contributed by atoms with E-state index in [0.717, 1.165) is 4.88 Å². The Labute approximate surface area is 143 Å². The summed E-state index contributed by atoms with van der Waals surface area (Å²) in [5, 5.41) is 3.87. The molecular weight excluding hydrogens is 350 g/mol. The summed E-state index contributed by atoms with van der Waals surface area (Å²) in [7, 11) is -2.04. The molecule has 9 heteroatoms. The highest BCUT2D eigenvalue weighted by Gasteiger charge is 2.18. The van der Waals surface area contributed by atoms with Crippen LogP contribution >= 0.6 is 11.3 Å². The van der Waals surface area contributed by atoms with Crippen molar-refractivity contribution in [2.45, 2.75) is 17.7 Å². The molecule has 0 aliphatic heterocycles. The van der Waals surface area contributed by atoms with Crippen molar-refractivity contribution >= 4 is 21.4 Å². The lowest BCUT2D eigenvalue weighted by atomic mass is 10.2. The smallest absolute Gasteiger partial charge is 0.250 e. The number of hydrogen-bond donors (Lipinski definition) is 1. The fraction of sp³-hybridized carbons (Fsp3) is 0.200. The minimum Gasteiger partial charge on any atom is -0.496 e. The number of rotatable bonds is 6. The predicted octanol–water partition coefficient (Wildman–Crippen LogP) is 2.59. The number of thiophene rings is 1. The number of aryl methyl sites for hydroxylation is 1. The van der Waals surface area contributed by atoms with Crippen LogP contribution < -0.4 is 9.46 Å². The summed E-state index contributed by atoms with van der Waals surface area (Å²) in [6, 6.07) is 10.6. The van der Waals surface area contributed by atoms with Crippen molar-refractivity contribution in [1.82, 2.24) is 14.9 Å². The van der Waals surface area contributed by atoms with E-state index < -0.39 is 10.0 Å². The van der Waals surface area contributed by atoms with E-state index in [1.165, 1.54) is 11.3 Å². The van der Waals surface area contributed by atoms with Gasteiger partial charge in [0, 0.05) is 4.88 Å². The number of benzene rings is 1. The molecular formula is C15H15N3O4S2. The molecule has 1 aromatic carbocycles. The number of sulfonamides is 1. The highest BCUT2D eigenvalue weighted by molar-refractivity contribution is 7.91. The number of ether oxygens (including phenoxy) is 1. The Morgan fingerprint density at radius 2 is 2.04 bits per heavy atom. The quantitative estimate of drug-likeness (QED) is 0.721. The molecule has 0 fully saturated rings. The van der Waals surface area contributed by atoms with Crippen LogP contribution in [-0.2, 0) is 16.6 Å². The maximum Gasteiger partial charge on any atom is 0.250 e. The highest BCUT2D eigenvalue weighted by Crippen LogP contribution is 2.27. The Kier molecular flexibility index (Phi) is 4.65. The van der Waals surface area contributed by atoms with Crippen molar-refractivity contribution in [3.63, 3.8) is 0 Å². The molecule has 0 bridgehead atoms. The topological polar surface area (TPSA) is 94.3 Å². The number of methoxy groups -OCH3 is 1. The van der Waals surface area contributed by atoms with Crippen LogP contribution in [0.4, 0.5) is 0 Å². The van der Waals surface area contributed by atoms with Gasteiger partial charge in [0.05, 0.1) is 19.2 Å². The third-order valence-corrected chi connectivity index (χ3v) is 6.10. The standard InChI is InChI=1S/C15H15N3O4S2/c1-10-7-8-14(23-10)24(19,20)16-9-13-17-15(18-22-13)11-5-3-4-6-12(11)21-2/h3-8,16H,9H2,1-2H3. The molecule has 2 aromatic heterocycles. The molecule has 0 saturated heterocycles. The number of aromatic nitrogens is 2. The molecule has 1 N–H and O–H groups in total. The van der Waals surface area contributed by atoms with E-state index in [0.29, 0.717) is 17.1 Å². The minimum atomic E-state index is -3.59. The molecule has 0 radical (unpaired) electrons. The van der Waals surface area contributed by atoms with Gasteiger partial charge in [0.2, 0.25) is 11.7 Å². The normalized spacial score (nSPS) is 11.6. The third kappa shape index (κ3) is 3.48. The van der Waals surface area contributed by atoms with Gasteiger partial charge in [-0.05, 0) is 31.2 Å². The molecule has 0 spiro atoms. The average Bonchev–Trinajstić information content (AvgIpc) is 3.22. The van der Waals surface area contributed by atoms with Crippen LogP contribution in [0.5, 0.6) is 5.75 Å². The van der Waals surface area contributed by atoms with E-state index >= 15 is 0 Å². The first-order valence-corrected chi connectivity index (χ1v) is 9.31. The lowest BCUT2D eigenvalue weighted by Gasteiger charge is -2.03. The van der Waals surface area contributed by atoms with Crippen LogP contribution in [0, 0.1) is 6.92 Å². The second kappa shape index (κ2) is 6.71. The van der Waals surface area contributed by atoms with Gasteiger partial charge in [-0.1, -0.05) is 17.3 Å². The second-order valence-electron chi connectivity index (χ2n) is 4.90. The molecule has 0 unspecified atom stereocenters. The lowest BCUT2D eigenvalue weighted by molar-refractivity contribution is 0.375. The van der Waals surface area contributed by atoms with Gasteiger partial charge in [-0.15, -0.1) is 11.3 Å². The Hall–Kier alpha value is -2.23. The summed E-state index contributed by atoms with van der Waals surface area (Å²) in [5.74, 6) is 1.13. The fourth-order valence-electron chi connectivity index (χ4n) is 2.05. The lowest BCUT2D eigenvalue weighted by Crippen LogP contribution is -2.22. The van der Waals surface area contributed by atoms with Crippen molar-refractivity contribution in [1.29, 1.82) is 0 Å². The van der Waals surface area contributed by atoms with Crippen molar-refractivity contribution < 1.29 is 17.7 Å². The summed E-state index contributed by atoms with van der Waals surface area (Å²) in [6.45, 7) is 1.77. The first-order chi connectivity index (χ1) is 11.5. The van der Waals surface area contributed by atoms with Crippen LogP contribution in [0.1, 0.15) is 10.8 Å². The third-order valence-electron chi connectivity index (χ3n) is 3.21. The molecule has 2 heterocycles. The number of nitrogens with one attached hydrogen (secondary N) is 1. The van der Waals surface area contributed by atoms with Gasteiger partial charge in [0.25, 0.3) is 10.0 Å². The first kappa shape index (κ1) is 16.6. The number of hydrogen-bond acceptors (Lipinski definition) is 7. The molecule has 0 saturated carbocycles. The van der Waals surface area contributed by atoms with Crippen LogP contribution in [0.25, 0.3) is 11.4 Å². The van der Waals surface area contributed by atoms with Gasteiger partial charge in [-0.25, -0.2) is 13.1 Å². The Bertz CT molecular complexity index is 947. The van der Waals surface area contributed by atoms with Crippen LogP contribution in [0.3, 0.4) is 0 Å². The molecule has 0 amide bonds.